The third-order valence-corrected chi connectivity index (χ3v) is 7.52. The van der Waals surface area contributed by atoms with Crippen molar-refractivity contribution >= 4 is 29.2 Å². The zero-order valence-electron chi connectivity index (χ0n) is 23.5. The number of urea groups is 1. The minimum Gasteiger partial charge on any atom is -0.351 e. The lowest BCUT2D eigenvalue weighted by Gasteiger charge is -2.34. The van der Waals surface area contributed by atoms with Crippen molar-refractivity contribution in [1.29, 1.82) is 0 Å². The van der Waals surface area contributed by atoms with Gasteiger partial charge < -0.3 is 20.9 Å². The Morgan fingerprint density at radius 2 is 1.29 bits per heavy atom. The van der Waals surface area contributed by atoms with Crippen molar-refractivity contribution in [2.45, 2.75) is 50.7 Å². The maximum absolute atomic E-state index is 14.5. The summed E-state index contributed by atoms with van der Waals surface area (Å²) in [6.07, 6.45) is 5.20. The smallest absolute Gasteiger partial charge is 0.323 e. The third-order valence-electron chi connectivity index (χ3n) is 7.52. The van der Waals surface area contributed by atoms with E-state index in [2.05, 4.69) is 16.0 Å². The number of anilines is 2. The number of benzene rings is 4. The third kappa shape index (κ3) is 7.43. The molecule has 4 aromatic rings. The first-order chi connectivity index (χ1) is 20.6. The second-order valence-electron chi connectivity index (χ2n) is 10.6. The minimum atomic E-state index is -0.868. The molecule has 0 aliphatic heterocycles. The summed E-state index contributed by atoms with van der Waals surface area (Å²) in [7, 11) is 0. The zero-order valence-corrected chi connectivity index (χ0v) is 23.5. The van der Waals surface area contributed by atoms with Crippen LogP contribution in [0, 0.1) is 0 Å². The Hall–Kier alpha value is -4.91. The number of nitrogens with zero attached hydrogens (tertiary/aromatic N) is 1. The highest BCUT2D eigenvalue weighted by Crippen LogP contribution is 2.29. The summed E-state index contributed by atoms with van der Waals surface area (Å²) in [6, 6.07) is 33.8. The predicted molar refractivity (Wildman–Crippen MR) is 166 cm³/mol. The summed E-state index contributed by atoms with van der Waals surface area (Å²) in [6.45, 7) is 0.210. The molecule has 7 heteroatoms. The lowest BCUT2D eigenvalue weighted by molar-refractivity contribution is -0.127. The van der Waals surface area contributed by atoms with Gasteiger partial charge in [-0.05, 0) is 48.2 Å². The van der Waals surface area contributed by atoms with Crippen LogP contribution in [-0.4, -0.2) is 28.8 Å². The molecule has 214 valence electrons. The molecule has 4 aromatic carbocycles. The highest BCUT2D eigenvalue weighted by Gasteiger charge is 2.34. The lowest BCUT2D eigenvalue weighted by Crippen LogP contribution is -2.47. The Morgan fingerprint density at radius 3 is 1.98 bits per heavy atom. The number of hydrogen-bond acceptors (Lipinski definition) is 3. The van der Waals surface area contributed by atoms with Gasteiger partial charge in [-0.15, -0.1) is 0 Å². The van der Waals surface area contributed by atoms with Gasteiger partial charge in [0, 0.05) is 18.3 Å². The van der Waals surface area contributed by atoms with Gasteiger partial charge in [0.1, 0.15) is 6.04 Å². The number of hydrogen-bond donors (Lipinski definition) is 3. The van der Waals surface area contributed by atoms with E-state index >= 15 is 0 Å². The molecule has 0 bridgehead atoms. The van der Waals surface area contributed by atoms with Crippen LogP contribution in [0.25, 0.3) is 0 Å². The normalized spacial score (nSPS) is 13.9. The number of rotatable bonds is 9. The van der Waals surface area contributed by atoms with Gasteiger partial charge in [0.15, 0.2) is 0 Å². The van der Waals surface area contributed by atoms with Crippen LogP contribution in [0.5, 0.6) is 0 Å². The molecule has 1 fully saturated rings. The molecule has 0 aromatic heterocycles. The first-order valence-corrected chi connectivity index (χ1v) is 14.5. The molecule has 1 aliphatic carbocycles. The van der Waals surface area contributed by atoms with Crippen molar-refractivity contribution in [1.82, 2.24) is 10.2 Å². The van der Waals surface area contributed by atoms with Crippen molar-refractivity contribution in [3.8, 4) is 0 Å². The topological polar surface area (TPSA) is 90.5 Å². The zero-order chi connectivity index (χ0) is 29.1. The number of nitrogens with one attached hydrogen (secondary N) is 3. The molecule has 4 amide bonds. The minimum absolute atomic E-state index is 0.0850. The van der Waals surface area contributed by atoms with Crippen molar-refractivity contribution in [2.24, 2.45) is 0 Å². The highest BCUT2D eigenvalue weighted by molar-refractivity contribution is 6.07. The van der Waals surface area contributed by atoms with Crippen LogP contribution in [0.4, 0.5) is 16.2 Å². The highest BCUT2D eigenvalue weighted by atomic mass is 16.2. The van der Waals surface area contributed by atoms with E-state index < -0.39 is 12.1 Å². The molecule has 5 rings (SSSR count). The fraction of sp³-hybridized carbons (Fsp3) is 0.229. The van der Waals surface area contributed by atoms with Gasteiger partial charge in [0.25, 0.3) is 5.91 Å². The standard InChI is InChI=1S/C35H36N4O3/c40-33(36-28-19-9-3-10-20-28)32(27-17-7-2-8-18-27)39(25-26-15-5-1-6-16-26)34(41)30-23-13-14-24-31(30)38-35(42)37-29-21-11-4-12-22-29/h1-2,4-8,11-18,21-24,28,32H,3,9-10,19-20,25H2,(H,36,40)(H2,37,38,42). The van der Waals surface area contributed by atoms with Gasteiger partial charge in [-0.1, -0.05) is 110 Å². The first kappa shape index (κ1) is 28.6. The van der Waals surface area contributed by atoms with Gasteiger partial charge >= 0.3 is 6.03 Å². The van der Waals surface area contributed by atoms with Crippen LogP contribution < -0.4 is 16.0 Å². The quantitative estimate of drug-likeness (QED) is 0.203. The Bertz CT molecular complexity index is 1470. The van der Waals surface area contributed by atoms with Gasteiger partial charge in [-0.2, -0.15) is 0 Å². The lowest BCUT2D eigenvalue weighted by atomic mass is 9.94. The van der Waals surface area contributed by atoms with E-state index in [0.29, 0.717) is 16.9 Å². The average molecular weight is 561 g/mol. The van der Waals surface area contributed by atoms with Crippen LogP contribution in [0.1, 0.15) is 59.6 Å². The Kier molecular flexibility index (Phi) is 9.62. The number of carbonyl (C=O) groups is 3. The molecule has 0 saturated heterocycles. The molecule has 1 aliphatic rings. The van der Waals surface area contributed by atoms with Crippen molar-refractivity contribution < 1.29 is 14.4 Å². The largest absolute Gasteiger partial charge is 0.351 e. The summed E-state index contributed by atoms with van der Waals surface area (Å²) in [5.74, 6) is -0.563. The number of carbonyl (C=O) groups excluding carboxylic acids is 3. The van der Waals surface area contributed by atoms with Gasteiger partial charge in [0.05, 0.1) is 11.3 Å². The first-order valence-electron chi connectivity index (χ1n) is 14.5. The van der Waals surface area contributed by atoms with E-state index in [1.54, 1.807) is 41.3 Å². The summed E-state index contributed by atoms with van der Waals surface area (Å²) >= 11 is 0. The van der Waals surface area contributed by atoms with E-state index in [0.717, 1.165) is 36.8 Å². The van der Waals surface area contributed by atoms with E-state index in [9.17, 15) is 14.4 Å². The summed E-state index contributed by atoms with van der Waals surface area (Å²) in [5.41, 5.74) is 2.90. The predicted octanol–water partition coefficient (Wildman–Crippen LogP) is 7.16. The average Bonchev–Trinajstić information content (AvgIpc) is 3.03. The van der Waals surface area contributed by atoms with E-state index in [1.165, 1.54) is 6.42 Å². The molecule has 1 saturated carbocycles. The maximum Gasteiger partial charge on any atom is 0.323 e. The molecule has 0 radical (unpaired) electrons. The summed E-state index contributed by atoms with van der Waals surface area (Å²) in [4.78, 5) is 43.1. The molecule has 0 spiro atoms. The van der Waals surface area contributed by atoms with Crippen molar-refractivity contribution in [3.63, 3.8) is 0 Å². The van der Waals surface area contributed by atoms with Crippen LogP contribution in [0.15, 0.2) is 115 Å². The SMILES string of the molecule is O=C(Nc1ccccc1)Nc1ccccc1C(=O)N(Cc1ccccc1)C(C(=O)NC1CCCCC1)c1ccccc1. The molecule has 1 unspecified atom stereocenters. The fourth-order valence-corrected chi connectivity index (χ4v) is 5.44. The fourth-order valence-electron chi connectivity index (χ4n) is 5.44. The van der Waals surface area contributed by atoms with Crippen LogP contribution in [0.3, 0.4) is 0 Å². The van der Waals surface area contributed by atoms with E-state index in [-0.39, 0.29) is 24.4 Å². The number of amides is 4. The van der Waals surface area contributed by atoms with Gasteiger partial charge in [-0.3, -0.25) is 9.59 Å². The molecule has 0 heterocycles. The summed E-state index contributed by atoms with van der Waals surface area (Å²) in [5, 5.41) is 8.88. The van der Waals surface area contributed by atoms with Crippen LogP contribution >= 0.6 is 0 Å². The summed E-state index contributed by atoms with van der Waals surface area (Å²) < 4.78 is 0. The van der Waals surface area contributed by atoms with Gasteiger partial charge in [0.2, 0.25) is 5.91 Å². The molecule has 7 nitrogen and oxygen atoms in total. The van der Waals surface area contributed by atoms with E-state index in [4.69, 9.17) is 0 Å². The Labute approximate surface area is 247 Å². The second-order valence-corrected chi connectivity index (χ2v) is 10.6. The molecule has 42 heavy (non-hydrogen) atoms. The van der Waals surface area contributed by atoms with Crippen LogP contribution in [-0.2, 0) is 11.3 Å². The van der Waals surface area contributed by atoms with Gasteiger partial charge in [-0.25, -0.2) is 4.79 Å². The number of para-hydroxylation sites is 2. The monoisotopic (exact) mass is 560 g/mol. The Morgan fingerprint density at radius 1 is 0.690 bits per heavy atom. The molecule has 1 atom stereocenters. The van der Waals surface area contributed by atoms with Crippen molar-refractivity contribution in [3.05, 3.63) is 132 Å². The van der Waals surface area contributed by atoms with Crippen LogP contribution in [0.2, 0.25) is 0 Å². The second kappa shape index (κ2) is 14.1. The molecule has 3 N–H and O–H groups in total. The van der Waals surface area contributed by atoms with E-state index in [1.807, 2.05) is 78.9 Å². The molecular weight excluding hydrogens is 524 g/mol. The van der Waals surface area contributed by atoms with Crippen molar-refractivity contribution in [2.75, 3.05) is 10.6 Å². The Balaban J connectivity index is 1.49. The molecular formula is C35H36N4O3. The maximum atomic E-state index is 14.5.